The van der Waals surface area contributed by atoms with Crippen LogP contribution < -0.4 is 5.32 Å². The summed E-state index contributed by atoms with van der Waals surface area (Å²) in [5.74, 6) is -0.138. The predicted octanol–water partition coefficient (Wildman–Crippen LogP) is 1.03. The van der Waals surface area contributed by atoms with Crippen LogP contribution >= 0.6 is 0 Å². The predicted molar refractivity (Wildman–Crippen MR) is 70.2 cm³/mol. The van der Waals surface area contributed by atoms with Gasteiger partial charge in [-0.25, -0.2) is 0 Å². The maximum absolute atomic E-state index is 11.7. The van der Waals surface area contributed by atoms with Crippen molar-refractivity contribution in [2.24, 2.45) is 0 Å². The summed E-state index contributed by atoms with van der Waals surface area (Å²) in [5.41, 5.74) is 1.03. The van der Waals surface area contributed by atoms with Gasteiger partial charge in [-0.15, -0.1) is 0 Å². The van der Waals surface area contributed by atoms with Crippen molar-refractivity contribution in [1.29, 1.82) is 0 Å². The summed E-state index contributed by atoms with van der Waals surface area (Å²) in [4.78, 5) is 13.9. The van der Waals surface area contributed by atoms with Gasteiger partial charge >= 0.3 is 5.97 Å². The summed E-state index contributed by atoms with van der Waals surface area (Å²) < 4.78 is 5.27. The fourth-order valence-electron chi connectivity index (χ4n) is 2.03. The lowest BCUT2D eigenvalue weighted by atomic mass is 10.2. The quantitative estimate of drug-likeness (QED) is 0.808. The highest BCUT2D eigenvalue weighted by molar-refractivity contribution is 5.71. The maximum atomic E-state index is 11.7. The molecule has 1 N–H and O–H groups in total. The summed E-state index contributed by atoms with van der Waals surface area (Å²) in [7, 11) is 0. The molecule has 0 spiro atoms. The third-order valence-corrected chi connectivity index (χ3v) is 3.03. The normalized spacial score (nSPS) is 17.1. The van der Waals surface area contributed by atoms with E-state index < -0.39 is 0 Å². The molecule has 18 heavy (non-hydrogen) atoms. The standard InChI is InChI=1S/C14H20N2O2/c17-14(11-16-9-4-7-15-8-10-16)18-12-13-5-2-1-3-6-13/h1-3,5-6,15H,4,7-12H2. The zero-order chi connectivity index (χ0) is 12.6. The maximum Gasteiger partial charge on any atom is 0.320 e. The third-order valence-electron chi connectivity index (χ3n) is 3.03. The van der Waals surface area contributed by atoms with Crippen molar-refractivity contribution in [2.75, 3.05) is 32.7 Å². The van der Waals surface area contributed by atoms with Gasteiger partial charge in [0.1, 0.15) is 6.61 Å². The Morgan fingerprint density at radius 1 is 1.22 bits per heavy atom. The van der Waals surface area contributed by atoms with Crippen LogP contribution in [0.2, 0.25) is 0 Å². The highest BCUT2D eigenvalue weighted by Gasteiger charge is 2.13. The highest BCUT2D eigenvalue weighted by Crippen LogP contribution is 2.02. The molecule has 4 nitrogen and oxygen atoms in total. The molecule has 0 aromatic heterocycles. The van der Waals surface area contributed by atoms with E-state index >= 15 is 0 Å². The first-order chi connectivity index (χ1) is 8.84. The van der Waals surface area contributed by atoms with E-state index in [1.165, 1.54) is 0 Å². The number of rotatable bonds is 4. The first kappa shape index (κ1) is 13.1. The topological polar surface area (TPSA) is 41.6 Å². The molecule has 1 saturated heterocycles. The molecule has 0 atom stereocenters. The van der Waals surface area contributed by atoms with E-state index in [2.05, 4.69) is 10.2 Å². The van der Waals surface area contributed by atoms with E-state index in [1.54, 1.807) is 0 Å². The first-order valence-electron chi connectivity index (χ1n) is 6.47. The van der Waals surface area contributed by atoms with Crippen LogP contribution in [-0.4, -0.2) is 43.6 Å². The Kier molecular flexibility index (Phi) is 5.17. The molecule has 0 amide bonds. The Labute approximate surface area is 108 Å². The average molecular weight is 248 g/mol. The molecule has 0 bridgehead atoms. The second kappa shape index (κ2) is 7.13. The molecule has 2 rings (SSSR count). The van der Waals surface area contributed by atoms with Gasteiger partial charge in [-0.1, -0.05) is 30.3 Å². The molecule has 1 aliphatic rings. The van der Waals surface area contributed by atoms with Gasteiger partial charge < -0.3 is 10.1 Å². The summed E-state index contributed by atoms with van der Waals surface area (Å²) in [6.45, 7) is 4.63. The highest BCUT2D eigenvalue weighted by atomic mass is 16.5. The van der Waals surface area contributed by atoms with E-state index in [4.69, 9.17) is 4.74 Å². The molecule has 98 valence electrons. The molecule has 0 unspecified atom stereocenters. The molecule has 1 aromatic carbocycles. The number of nitrogens with one attached hydrogen (secondary N) is 1. The van der Waals surface area contributed by atoms with Gasteiger partial charge in [0.2, 0.25) is 0 Å². The van der Waals surface area contributed by atoms with Crippen molar-refractivity contribution < 1.29 is 9.53 Å². The summed E-state index contributed by atoms with van der Waals surface area (Å²) in [6.07, 6.45) is 1.09. The van der Waals surface area contributed by atoms with Crippen molar-refractivity contribution in [1.82, 2.24) is 10.2 Å². The smallest absolute Gasteiger partial charge is 0.320 e. The molecular weight excluding hydrogens is 228 g/mol. The van der Waals surface area contributed by atoms with Crippen molar-refractivity contribution in [3.63, 3.8) is 0 Å². The van der Waals surface area contributed by atoms with Gasteiger partial charge in [0, 0.05) is 13.1 Å². The minimum Gasteiger partial charge on any atom is -0.460 e. The molecule has 0 saturated carbocycles. The van der Waals surface area contributed by atoms with Crippen molar-refractivity contribution >= 4 is 5.97 Å². The van der Waals surface area contributed by atoms with Gasteiger partial charge in [0.25, 0.3) is 0 Å². The van der Waals surface area contributed by atoms with Gasteiger partial charge in [0.05, 0.1) is 6.54 Å². The number of benzene rings is 1. The Morgan fingerprint density at radius 2 is 2.06 bits per heavy atom. The number of carbonyl (C=O) groups excluding carboxylic acids is 1. The van der Waals surface area contributed by atoms with E-state index in [9.17, 15) is 4.79 Å². The van der Waals surface area contributed by atoms with E-state index in [0.717, 1.165) is 38.2 Å². The molecule has 1 aromatic rings. The van der Waals surface area contributed by atoms with Crippen LogP contribution in [0.1, 0.15) is 12.0 Å². The lowest BCUT2D eigenvalue weighted by Gasteiger charge is -2.18. The van der Waals surface area contributed by atoms with Crippen LogP contribution in [0.3, 0.4) is 0 Å². The molecule has 0 radical (unpaired) electrons. The van der Waals surface area contributed by atoms with Gasteiger partial charge in [0.15, 0.2) is 0 Å². The first-order valence-corrected chi connectivity index (χ1v) is 6.47. The zero-order valence-electron chi connectivity index (χ0n) is 10.6. The Bertz CT molecular complexity index is 359. The number of hydrogen-bond acceptors (Lipinski definition) is 4. The van der Waals surface area contributed by atoms with Crippen LogP contribution in [0.4, 0.5) is 0 Å². The molecule has 1 heterocycles. The monoisotopic (exact) mass is 248 g/mol. The van der Waals surface area contributed by atoms with E-state index in [-0.39, 0.29) is 5.97 Å². The van der Waals surface area contributed by atoms with E-state index in [1.807, 2.05) is 30.3 Å². The number of ether oxygens (including phenoxy) is 1. The van der Waals surface area contributed by atoms with Crippen molar-refractivity contribution in [3.8, 4) is 0 Å². The molecular formula is C14H20N2O2. The van der Waals surface area contributed by atoms with Gasteiger partial charge in [-0.3, -0.25) is 9.69 Å². The van der Waals surface area contributed by atoms with Crippen molar-refractivity contribution in [2.45, 2.75) is 13.0 Å². The lowest BCUT2D eigenvalue weighted by molar-refractivity contribution is -0.146. The lowest BCUT2D eigenvalue weighted by Crippen LogP contribution is -2.33. The number of hydrogen-bond donors (Lipinski definition) is 1. The van der Waals surface area contributed by atoms with Crippen LogP contribution in [-0.2, 0) is 16.1 Å². The summed E-state index contributed by atoms with van der Waals surface area (Å²) >= 11 is 0. The fourth-order valence-corrected chi connectivity index (χ4v) is 2.03. The SMILES string of the molecule is O=C(CN1CCCNCC1)OCc1ccccc1. The van der Waals surface area contributed by atoms with Crippen molar-refractivity contribution in [3.05, 3.63) is 35.9 Å². The van der Waals surface area contributed by atoms with Crippen LogP contribution in [0, 0.1) is 0 Å². The zero-order valence-corrected chi connectivity index (χ0v) is 10.6. The second-order valence-corrected chi connectivity index (χ2v) is 4.53. The summed E-state index contributed by atoms with van der Waals surface area (Å²) in [5, 5.41) is 3.31. The van der Waals surface area contributed by atoms with Gasteiger partial charge in [-0.05, 0) is 25.1 Å². The molecule has 1 aliphatic heterocycles. The van der Waals surface area contributed by atoms with Crippen LogP contribution in [0.5, 0.6) is 0 Å². The second-order valence-electron chi connectivity index (χ2n) is 4.53. The van der Waals surface area contributed by atoms with Crippen LogP contribution in [0.25, 0.3) is 0 Å². The third kappa shape index (κ3) is 4.47. The Balaban J connectivity index is 1.71. The van der Waals surface area contributed by atoms with E-state index in [0.29, 0.717) is 13.2 Å². The van der Waals surface area contributed by atoms with Gasteiger partial charge in [-0.2, -0.15) is 0 Å². The fraction of sp³-hybridized carbons (Fsp3) is 0.500. The number of esters is 1. The largest absolute Gasteiger partial charge is 0.460 e. The number of nitrogens with zero attached hydrogens (tertiary/aromatic N) is 1. The molecule has 1 fully saturated rings. The Hall–Kier alpha value is -1.39. The minimum atomic E-state index is -0.138. The molecule has 0 aliphatic carbocycles. The molecule has 4 heteroatoms. The Morgan fingerprint density at radius 3 is 2.89 bits per heavy atom. The average Bonchev–Trinajstić information content (AvgIpc) is 2.66. The minimum absolute atomic E-state index is 0.138. The summed E-state index contributed by atoms with van der Waals surface area (Å²) in [6, 6.07) is 9.77. The van der Waals surface area contributed by atoms with Crippen LogP contribution in [0.15, 0.2) is 30.3 Å². The number of carbonyl (C=O) groups is 1.